The molecule has 1 aromatic carbocycles. The summed E-state index contributed by atoms with van der Waals surface area (Å²) in [6.07, 6.45) is 3.58. The molecule has 0 saturated carbocycles. The first kappa shape index (κ1) is 18.2. The fourth-order valence-electron chi connectivity index (χ4n) is 3.44. The van der Waals surface area contributed by atoms with Crippen molar-refractivity contribution in [3.8, 4) is 0 Å². The van der Waals surface area contributed by atoms with Crippen LogP contribution < -0.4 is 15.6 Å². The molecule has 1 saturated heterocycles. The molecule has 3 heterocycles. The molecule has 1 aliphatic heterocycles. The summed E-state index contributed by atoms with van der Waals surface area (Å²) in [7, 11) is 0. The van der Waals surface area contributed by atoms with Crippen LogP contribution in [0.3, 0.4) is 0 Å². The van der Waals surface area contributed by atoms with Gasteiger partial charge in [-0.05, 0) is 38.3 Å². The molecule has 1 N–H and O–H groups in total. The van der Waals surface area contributed by atoms with Crippen molar-refractivity contribution < 1.29 is 9.21 Å². The number of carbonyl (C=O) groups excluding carboxylic acids is 1. The van der Waals surface area contributed by atoms with Crippen LogP contribution in [0, 0.1) is 6.92 Å². The van der Waals surface area contributed by atoms with Gasteiger partial charge < -0.3 is 14.6 Å². The van der Waals surface area contributed by atoms with Gasteiger partial charge in [-0.15, -0.1) is 0 Å². The molecule has 4 rings (SSSR count). The van der Waals surface area contributed by atoms with Crippen LogP contribution in [0.2, 0.25) is 0 Å². The monoisotopic (exact) mass is 378 g/mol. The van der Waals surface area contributed by atoms with Gasteiger partial charge in [0.2, 0.25) is 0 Å². The maximum Gasteiger partial charge on any atom is 0.287 e. The van der Waals surface area contributed by atoms with E-state index in [-0.39, 0.29) is 17.7 Å². The van der Waals surface area contributed by atoms with Gasteiger partial charge in [0.05, 0.1) is 11.9 Å². The number of hydrogen-bond donors (Lipinski definition) is 1. The standard InChI is InChI=1S/C21H22N4O3/c1-14-11-20(25-9-5-2-6-10-25)24-19(23-14)13-22-21(27)18-12-16(26)15-7-3-4-8-17(15)28-18/h3-4,7-8,11-12H,2,5-6,9-10,13H2,1H3,(H,22,27). The second-order valence-corrected chi connectivity index (χ2v) is 6.99. The van der Waals surface area contributed by atoms with E-state index in [2.05, 4.69) is 20.2 Å². The van der Waals surface area contributed by atoms with Crippen LogP contribution in [0.1, 0.15) is 41.3 Å². The molecular weight excluding hydrogens is 356 g/mol. The molecule has 1 amide bonds. The first-order chi connectivity index (χ1) is 13.6. The van der Waals surface area contributed by atoms with Gasteiger partial charge >= 0.3 is 0 Å². The lowest BCUT2D eigenvalue weighted by Crippen LogP contribution is -2.31. The predicted molar refractivity (Wildman–Crippen MR) is 106 cm³/mol. The Morgan fingerprint density at radius 1 is 1.14 bits per heavy atom. The minimum absolute atomic E-state index is 0.0207. The number of aromatic nitrogens is 2. The Morgan fingerprint density at radius 3 is 2.75 bits per heavy atom. The molecule has 2 aromatic heterocycles. The lowest BCUT2D eigenvalue weighted by molar-refractivity contribution is 0.0922. The molecule has 0 bridgehead atoms. The normalized spacial score (nSPS) is 14.2. The number of nitrogens with zero attached hydrogens (tertiary/aromatic N) is 3. The summed E-state index contributed by atoms with van der Waals surface area (Å²) < 4.78 is 5.57. The molecule has 0 aliphatic carbocycles. The number of piperidine rings is 1. The van der Waals surface area contributed by atoms with Crippen LogP contribution in [-0.2, 0) is 6.54 Å². The number of amides is 1. The van der Waals surface area contributed by atoms with E-state index >= 15 is 0 Å². The molecule has 7 heteroatoms. The fraction of sp³-hybridized carbons (Fsp3) is 0.333. The molecule has 28 heavy (non-hydrogen) atoms. The van der Waals surface area contributed by atoms with Gasteiger partial charge in [0.15, 0.2) is 11.2 Å². The van der Waals surface area contributed by atoms with Crippen molar-refractivity contribution in [2.75, 3.05) is 18.0 Å². The van der Waals surface area contributed by atoms with Crippen molar-refractivity contribution in [3.63, 3.8) is 0 Å². The number of aryl methyl sites for hydroxylation is 1. The Bertz CT molecular complexity index is 1070. The zero-order valence-corrected chi connectivity index (χ0v) is 15.8. The largest absolute Gasteiger partial charge is 0.451 e. The number of anilines is 1. The minimum Gasteiger partial charge on any atom is -0.451 e. The molecule has 0 atom stereocenters. The lowest BCUT2D eigenvalue weighted by atomic mass is 10.1. The second kappa shape index (κ2) is 7.80. The summed E-state index contributed by atoms with van der Waals surface area (Å²) in [6, 6.07) is 10.0. The van der Waals surface area contributed by atoms with Gasteiger partial charge in [-0.1, -0.05) is 12.1 Å². The molecule has 0 unspecified atom stereocenters. The highest BCUT2D eigenvalue weighted by Gasteiger charge is 2.16. The third-order valence-electron chi connectivity index (χ3n) is 4.83. The Balaban J connectivity index is 1.50. The van der Waals surface area contributed by atoms with Crippen LogP contribution in [0.5, 0.6) is 0 Å². The van der Waals surface area contributed by atoms with E-state index in [9.17, 15) is 9.59 Å². The Morgan fingerprint density at radius 2 is 1.93 bits per heavy atom. The van der Waals surface area contributed by atoms with Gasteiger partial charge in [-0.2, -0.15) is 0 Å². The first-order valence-electron chi connectivity index (χ1n) is 9.51. The molecule has 1 fully saturated rings. The number of rotatable bonds is 4. The maximum atomic E-state index is 12.5. The van der Waals surface area contributed by atoms with Crippen molar-refractivity contribution in [2.45, 2.75) is 32.7 Å². The molecular formula is C21H22N4O3. The molecule has 0 radical (unpaired) electrons. The van der Waals surface area contributed by atoms with E-state index in [1.165, 1.54) is 12.5 Å². The van der Waals surface area contributed by atoms with Crippen LogP contribution in [-0.4, -0.2) is 29.0 Å². The van der Waals surface area contributed by atoms with Crippen LogP contribution in [0.15, 0.2) is 45.6 Å². The highest BCUT2D eigenvalue weighted by Crippen LogP contribution is 2.18. The van der Waals surface area contributed by atoms with E-state index in [1.54, 1.807) is 24.3 Å². The van der Waals surface area contributed by atoms with Gasteiger partial charge in [0.1, 0.15) is 17.2 Å². The topological polar surface area (TPSA) is 88.3 Å². The van der Waals surface area contributed by atoms with Crippen molar-refractivity contribution in [3.05, 3.63) is 63.9 Å². The van der Waals surface area contributed by atoms with Crippen molar-refractivity contribution >= 4 is 22.7 Å². The molecule has 0 spiro atoms. The highest BCUT2D eigenvalue weighted by atomic mass is 16.3. The molecule has 3 aromatic rings. The van der Waals surface area contributed by atoms with Gasteiger partial charge in [0, 0.05) is 30.9 Å². The van der Waals surface area contributed by atoms with E-state index in [1.807, 2.05) is 13.0 Å². The Kier molecular flexibility index (Phi) is 5.06. The van der Waals surface area contributed by atoms with Gasteiger partial charge in [0.25, 0.3) is 5.91 Å². The van der Waals surface area contributed by atoms with Crippen molar-refractivity contribution in [1.29, 1.82) is 0 Å². The summed E-state index contributed by atoms with van der Waals surface area (Å²) in [5.74, 6) is 0.950. The summed E-state index contributed by atoms with van der Waals surface area (Å²) in [4.78, 5) is 35.9. The Labute approximate surface area is 162 Å². The highest BCUT2D eigenvalue weighted by molar-refractivity contribution is 5.93. The minimum atomic E-state index is -0.465. The average molecular weight is 378 g/mol. The predicted octanol–water partition coefficient (Wildman–Crippen LogP) is 2.81. The van der Waals surface area contributed by atoms with Crippen LogP contribution in [0.4, 0.5) is 5.82 Å². The smallest absolute Gasteiger partial charge is 0.287 e. The number of hydrogen-bond acceptors (Lipinski definition) is 6. The first-order valence-corrected chi connectivity index (χ1v) is 9.51. The maximum absolute atomic E-state index is 12.5. The average Bonchev–Trinajstić information content (AvgIpc) is 2.72. The SMILES string of the molecule is Cc1cc(N2CCCCC2)nc(CNC(=O)c2cc(=O)c3ccccc3o2)n1. The molecule has 1 aliphatic rings. The van der Waals surface area contributed by atoms with E-state index in [0.29, 0.717) is 16.8 Å². The third kappa shape index (κ3) is 3.88. The van der Waals surface area contributed by atoms with Crippen molar-refractivity contribution in [2.24, 2.45) is 0 Å². The van der Waals surface area contributed by atoms with E-state index < -0.39 is 5.91 Å². The second-order valence-electron chi connectivity index (χ2n) is 6.99. The fourth-order valence-corrected chi connectivity index (χ4v) is 3.44. The zero-order chi connectivity index (χ0) is 19.5. The zero-order valence-electron chi connectivity index (χ0n) is 15.8. The van der Waals surface area contributed by atoms with Crippen LogP contribution in [0.25, 0.3) is 11.0 Å². The number of benzene rings is 1. The van der Waals surface area contributed by atoms with Crippen LogP contribution >= 0.6 is 0 Å². The van der Waals surface area contributed by atoms with Crippen molar-refractivity contribution in [1.82, 2.24) is 15.3 Å². The van der Waals surface area contributed by atoms with Gasteiger partial charge in [-0.25, -0.2) is 9.97 Å². The number of nitrogens with one attached hydrogen (secondary N) is 1. The summed E-state index contributed by atoms with van der Waals surface area (Å²) in [5, 5.41) is 3.20. The summed E-state index contributed by atoms with van der Waals surface area (Å²) >= 11 is 0. The Hall–Kier alpha value is -3.22. The summed E-state index contributed by atoms with van der Waals surface area (Å²) in [6.45, 7) is 4.07. The number of fused-ring (bicyclic) bond motifs is 1. The number of para-hydroxylation sites is 1. The quantitative estimate of drug-likeness (QED) is 0.751. The molecule has 7 nitrogen and oxygen atoms in total. The van der Waals surface area contributed by atoms with E-state index in [0.717, 1.165) is 37.4 Å². The lowest BCUT2D eigenvalue weighted by Gasteiger charge is -2.28. The van der Waals surface area contributed by atoms with E-state index in [4.69, 9.17) is 4.42 Å². The van der Waals surface area contributed by atoms with Gasteiger partial charge in [-0.3, -0.25) is 9.59 Å². The summed E-state index contributed by atoms with van der Waals surface area (Å²) in [5.41, 5.74) is 1.00. The molecule has 144 valence electrons. The number of carbonyl (C=O) groups is 1. The third-order valence-corrected chi connectivity index (χ3v) is 4.83.